The van der Waals surface area contributed by atoms with Gasteiger partial charge in [-0.1, -0.05) is 34.6 Å². The van der Waals surface area contributed by atoms with E-state index in [1.54, 1.807) is 7.11 Å². The first-order chi connectivity index (χ1) is 25.5. The van der Waals surface area contributed by atoms with Crippen LogP contribution in [0.1, 0.15) is 140 Å². The van der Waals surface area contributed by atoms with Crippen LogP contribution >= 0.6 is 31.9 Å². The lowest BCUT2D eigenvalue weighted by Gasteiger charge is -2.70. The third-order valence-electron chi connectivity index (χ3n) is 15.9. The van der Waals surface area contributed by atoms with Crippen molar-refractivity contribution in [2.75, 3.05) is 7.11 Å². The Morgan fingerprint density at radius 3 is 1.95 bits per heavy atom. The SMILES string of the molecule is COC(C)(C)CCC[C@@](C)(O)[C@H]1CC[C@]2(C)[C@@H]1[C@H](OC(=O)c1cc(F)ccc1Br)C[C@@H]1[C@@]3(C)CC[C@H](OC(=O)c4cc(F)ccc4Br)C(C)(C)[C@@H]3CC[C@]12C. The number of esters is 2. The molecule has 1 N–H and O–H groups in total. The van der Waals surface area contributed by atoms with Gasteiger partial charge >= 0.3 is 11.9 Å². The van der Waals surface area contributed by atoms with E-state index in [1.165, 1.54) is 36.4 Å². The zero-order chi connectivity index (χ0) is 40.5. The standard InChI is InChI=1S/C45H60Br2F2O6/c1-40(2,53-9)18-10-19-45(8,52)30-15-21-44(7)37(30)33(54-38(50)28-23-26(48)11-13-31(28)46)25-35-42(5)20-17-36(41(3,4)34(42)16-22-43(35,44)6)55-39(51)29-24-27(49)12-14-32(29)47/h11-14,23-24,30,33-37,52H,10,15-22,25H2,1-9H3/t30-,33+,34-,35+,36-,37-,42-,43+,44+,45+/m0/s1. The average Bonchev–Trinajstić information content (AvgIpc) is 3.49. The predicted octanol–water partition coefficient (Wildman–Crippen LogP) is 11.9. The number of ether oxygens (including phenoxy) is 3. The summed E-state index contributed by atoms with van der Waals surface area (Å²) in [6.45, 7) is 17.7. The highest BCUT2D eigenvalue weighted by atomic mass is 79.9. The molecule has 0 spiro atoms. The topological polar surface area (TPSA) is 82.1 Å². The predicted molar refractivity (Wildman–Crippen MR) is 217 cm³/mol. The molecule has 4 aliphatic rings. The maximum atomic E-state index is 14.5. The molecule has 4 saturated carbocycles. The van der Waals surface area contributed by atoms with Gasteiger partial charge in [0.25, 0.3) is 0 Å². The quantitative estimate of drug-likeness (QED) is 0.239. The maximum absolute atomic E-state index is 14.5. The summed E-state index contributed by atoms with van der Waals surface area (Å²) in [4.78, 5) is 27.6. The summed E-state index contributed by atoms with van der Waals surface area (Å²) in [7, 11) is 1.72. The van der Waals surface area contributed by atoms with Gasteiger partial charge in [0.05, 0.1) is 22.3 Å². The molecular weight excluding hydrogens is 834 g/mol. The molecule has 2 aromatic carbocycles. The number of halogens is 4. The zero-order valence-corrected chi connectivity index (χ0v) is 37.2. The van der Waals surface area contributed by atoms with Gasteiger partial charge in [-0.3, -0.25) is 0 Å². The second-order valence-electron chi connectivity index (χ2n) is 19.5. The summed E-state index contributed by atoms with van der Waals surface area (Å²) in [5, 5.41) is 12.4. The van der Waals surface area contributed by atoms with Gasteiger partial charge in [0.2, 0.25) is 0 Å². The normalized spacial score (nSPS) is 35.2. The van der Waals surface area contributed by atoms with E-state index in [2.05, 4.69) is 80.3 Å². The lowest BCUT2D eigenvalue weighted by Crippen LogP contribution is -2.67. The largest absolute Gasteiger partial charge is 0.458 e. The van der Waals surface area contributed by atoms with Crippen LogP contribution in [-0.4, -0.2) is 47.6 Å². The fourth-order valence-electron chi connectivity index (χ4n) is 12.6. The molecule has 6 nitrogen and oxygen atoms in total. The molecule has 0 amide bonds. The lowest BCUT2D eigenvalue weighted by molar-refractivity contribution is -0.246. The van der Waals surface area contributed by atoms with E-state index in [1.807, 2.05) is 6.92 Å². The second kappa shape index (κ2) is 15.1. The van der Waals surface area contributed by atoms with Gasteiger partial charge in [-0.15, -0.1) is 0 Å². The highest BCUT2D eigenvalue weighted by Gasteiger charge is 2.72. The van der Waals surface area contributed by atoms with E-state index >= 15 is 0 Å². The van der Waals surface area contributed by atoms with Crippen LogP contribution in [0.3, 0.4) is 0 Å². The summed E-state index contributed by atoms with van der Waals surface area (Å²) in [5.74, 6) is -1.96. The smallest absolute Gasteiger partial charge is 0.339 e. The highest BCUT2D eigenvalue weighted by Crippen LogP contribution is 2.76. The van der Waals surface area contributed by atoms with Crippen molar-refractivity contribution in [3.8, 4) is 0 Å². The average molecular weight is 895 g/mol. The molecule has 0 unspecified atom stereocenters. The number of fused-ring (bicyclic) bond motifs is 5. The molecule has 4 fully saturated rings. The molecule has 55 heavy (non-hydrogen) atoms. The Labute approximate surface area is 343 Å². The zero-order valence-electron chi connectivity index (χ0n) is 34.0. The van der Waals surface area contributed by atoms with Crippen LogP contribution in [0, 0.1) is 57.0 Å². The highest BCUT2D eigenvalue weighted by molar-refractivity contribution is 9.10. The second-order valence-corrected chi connectivity index (χ2v) is 21.2. The maximum Gasteiger partial charge on any atom is 0.339 e. The van der Waals surface area contributed by atoms with Gasteiger partial charge in [-0.05, 0) is 187 Å². The van der Waals surface area contributed by atoms with E-state index in [-0.39, 0.29) is 62.7 Å². The van der Waals surface area contributed by atoms with Crippen LogP contribution in [0.4, 0.5) is 8.78 Å². The molecule has 0 radical (unpaired) electrons. The Bertz CT molecular complexity index is 1800. The Morgan fingerprint density at radius 1 is 0.800 bits per heavy atom. The Kier molecular flexibility index (Phi) is 11.7. The van der Waals surface area contributed by atoms with Gasteiger partial charge in [0.1, 0.15) is 23.8 Å². The minimum atomic E-state index is -0.999. The van der Waals surface area contributed by atoms with Gasteiger partial charge in [-0.25, -0.2) is 18.4 Å². The molecule has 0 bridgehead atoms. The van der Waals surface area contributed by atoms with Gasteiger partial charge in [0, 0.05) is 27.4 Å². The first kappa shape index (κ1) is 42.7. The number of carbonyl (C=O) groups is 2. The van der Waals surface area contributed by atoms with Crippen molar-refractivity contribution >= 4 is 43.8 Å². The van der Waals surface area contributed by atoms with E-state index in [0.717, 1.165) is 44.9 Å². The third-order valence-corrected chi connectivity index (χ3v) is 17.3. The minimum absolute atomic E-state index is 0.103. The van der Waals surface area contributed by atoms with E-state index in [4.69, 9.17) is 14.2 Å². The molecule has 10 atom stereocenters. The molecule has 6 rings (SSSR count). The van der Waals surface area contributed by atoms with Crippen LogP contribution in [0.5, 0.6) is 0 Å². The summed E-state index contributed by atoms with van der Waals surface area (Å²) in [5.41, 5.74) is -1.92. The van der Waals surface area contributed by atoms with Crippen molar-refractivity contribution in [1.82, 2.24) is 0 Å². The molecular formula is C45H60Br2F2O6. The van der Waals surface area contributed by atoms with E-state index in [9.17, 15) is 23.5 Å². The number of hydrogen-bond acceptors (Lipinski definition) is 6. The molecule has 304 valence electrons. The number of aliphatic hydroxyl groups is 1. The Hall–Kier alpha value is -1.88. The fourth-order valence-corrected chi connectivity index (χ4v) is 13.4. The molecule has 2 aromatic rings. The number of hydrogen-bond donors (Lipinski definition) is 1. The van der Waals surface area contributed by atoms with Gasteiger partial charge in [0.15, 0.2) is 0 Å². The van der Waals surface area contributed by atoms with Crippen molar-refractivity contribution in [2.24, 2.45) is 45.3 Å². The Morgan fingerprint density at radius 2 is 1.36 bits per heavy atom. The van der Waals surface area contributed by atoms with Crippen LogP contribution in [0.2, 0.25) is 0 Å². The molecule has 0 saturated heterocycles. The van der Waals surface area contributed by atoms with Crippen LogP contribution in [-0.2, 0) is 14.2 Å². The van der Waals surface area contributed by atoms with Crippen molar-refractivity contribution < 1.29 is 37.7 Å². The fraction of sp³-hybridized carbons (Fsp3) is 0.689. The number of benzene rings is 2. The molecule has 0 aliphatic heterocycles. The van der Waals surface area contributed by atoms with Crippen LogP contribution in [0.15, 0.2) is 45.3 Å². The van der Waals surface area contributed by atoms with Crippen molar-refractivity contribution in [1.29, 1.82) is 0 Å². The molecule has 4 aliphatic carbocycles. The Balaban J connectivity index is 1.34. The summed E-state index contributed by atoms with van der Waals surface area (Å²) >= 11 is 6.86. The first-order valence-corrected chi connectivity index (χ1v) is 21.7. The van der Waals surface area contributed by atoms with Crippen molar-refractivity contribution in [3.63, 3.8) is 0 Å². The van der Waals surface area contributed by atoms with Gasteiger partial charge < -0.3 is 19.3 Å². The summed E-state index contributed by atoms with van der Waals surface area (Å²) < 4.78 is 48.2. The van der Waals surface area contributed by atoms with E-state index in [0.29, 0.717) is 28.2 Å². The minimum Gasteiger partial charge on any atom is -0.458 e. The monoisotopic (exact) mass is 892 g/mol. The summed E-state index contributed by atoms with van der Waals surface area (Å²) in [6.07, 6.45) is 7.07. The van der Waals surface area contributed by atoms with Crippen LogP contribution in [0.25, 0.3) is 0 Å². The number of methoxy groups -OCH3 is 1. The lowest BCUT2D eigenvalue weighted by atomic mass is 9.35. The van der Waals surface area contributed by atoms with Crippen molar-refractivity contribution in [3.05, 3.63) is 68.1 Å². The third kappa shape index (κ3) is 7.50. The first-order valence-electron chi connectivity index (χ1n) is 20.1. The number of carbonyl (C=O) groups excluding carboxylic acids is 2. The molecule has 0 aromatic heterocycles. The molecule has 0 heterocycles. The number of rotatable bonds is 10. The van der Waals surface area contributed by atoms with E-state index < -0.39 is 40.7 Å². The molecule has 10 heteroatoms. The van der Waals surface area contributed by atoms with Crippen LogP contribution < -0.4 is 0 Å². The summed E-state index contributed by atoms with van der Waals surface area (Å²) in [6, 6.07) is 8.13. The van der Waals surface area contributed by atoms with Crippen molar-refractivity contribution in [2.45, 2.75) is 143 Å². The van der Waals surface area contributed by atoms with Gasteiger partial charge in [-0.2, -0.15) is 0 Å².